The third-order valence-corrected chi connectivity index (χ3v) is 4.21. The Hall–Kier alpha value is -1.28. The quantitative estimate of drug-likeness (QED) is 0.849. The molecule has 0 spiro atoms. The van der Waals surface area contributed by atoms with Crippen molar-refractivity contribution in [1.82, 2.24) is 10.3 Å². The number of hydrogen-bond acceptors (Lipinski definition) is 1. The summed E-state index contributed by atoms with van der Waals surface area (Å²) in [6.45, 7) is 5.61. The Morgan fingerprint density at radius 2 is 2.22 bits per heavy atom. The molecule has 1 aliphatic heterocycles. The molecule has 1 fully saturated rings. The van der Waals surface area contributed by atoms with Gasteiger partial charge < -0.3 is 10.3 Å². The third-order valence-electron chi connectivity index (χ3n) is 4.21. The smallest absolute Gasteiger partial charge is 0.0459 e. The van der Waals surface area contributed by atoms with Crippen LogP contribution in [0.15, 0.2) is 18.2 Å². The topological polar surface area (TPSA) is 27.8 Å². The molecule has 1 aromatic heterocycles. The maximum Gasteiger partial charge on any atom is 0.0459 e. The molecule has 2 heterocycles. The van der Waals surface area contributed by atoms with E-state index in [4.69, 9.17) is 0 Å². The van der Waals surface area contributed by atoms with Crippen LogP contribution in [0.4, 0.5) is 0 Å². The fourth-order valence-electron chi connectivity index (χ4n) is 3.09. The van der Waals surface area contributed by atoms with E-state index < -0.39 is 0 Å². The molecule has 0 bridgehead atoms. The van der Waals surface area contributed by atoms with E-state index in [-0.39, 0.29) is 0 Å². The van der Waals surface area contributed by atoms with Gasteiger partial charge in [0.05, 0.1) is 0 Å². The average molecular weight is 242 g/mol. The van der Waals surface area contributed by atoms with Crippen molar-refractivity contribution in [3.8, 4) is 0 Å². The van der Waals surface area contributed by atoms with Crippen LogP contribution in [0.1, 0.15) is 36.6 Å². The number of nitrogens with one attached hydrogen (secondary N) is 2. The lowest BCUT2D eigenvalue weighted by Gasteiger charge is -2.10. The number of fused-ring (bicyclic) bond motifs is 1. The molecular formula is C16H22N2. The highest BCUT2D eigenvalue weighted by molar-refractivity contribution is 5.85. The highest BCUT2D eigenvalue weighted by atomic mass is 14.9. The molecule has 3 rings (SSSR count). The molecule has 2 heteroatoms. The summed E-state index contributed by atoms with van der Waals surface area (Å²) >= 11 is 0. The standard InChI is InChI=1S/C16H22N2/c1-3-12-6-7-16-15(9-12)14(11(2)18-16)10-13-5-4-8-17-13/h6-7,9,13,17-18H,3-5,8,10H2,1-2H3/t13-/m1/s1. The van der Waals surface area contributed by atoms with Gasteiger partial charge in [-0.25, -0.2) is 0 Å². The molecule has 96 valence electrons. The summed E-state index contributed by atoms with van der Waals surface area (Å²) in [6, 6.07) is 7.50. The molecule has 1 saturated heterocycles. The van der Waals surface area contributed by atoms with Crippen molar-refractivity contribution in [2.45, 2.75) is 45.6 Å². The summed E-state index contributed by atoms with van der Waals surface area (Å²) in [4.78, 5) is 3.52. The van der Waals surface area contributed by atoms with Crippen LogP contribution in [0.2, 0.25) is 0 Å². The second-order valence-corrected chi connectivity index (χ2v) is 5.46. The molecule has 0 saturated carbocycles. The molecule has 0 aliphatic carbocycles. The van der Waals surface area contributed by atoms with Gasteiger partial charge in [-0.3, -0.25) is 0 Å². The molecule has 2 nitrogen and oxygen atoms in total. The fourth-order valence-corrected chi connectivity index (χ4v) is 3.09. The number of H-pyrrole nitrogens is 1. The number of aromatic nitrogens is 1. The predicted octanol–water partition coefficient (Wildman–Crippen LogP) is 3.33. The van der Waals surface area contributed by atoms with Crippen LogP contribution in [-0.2, 0) is 12.8 Å². The van der Waals surface area contributed by atoms with Gasteiger partial charge in [0, 0.05) is 22.6 Å². The first kappa shape index (κ1) is 11.8. The van der Waals surface area contributed by atoms with Crippen LogP contribution in [-0.4, -0.2) is 17.6 Å². The fraction of sp³-hybridized carbons (Fsp3) is 0.500. The Balaban J connectivity index is 2.00. The zero-order chi connectivity index (χ0) is 12.5. The van der Waals surface area contributed by atoms with Gasteiger partial charge in [-0.05, 0) is 62.4 Å². The van der Waals surface area contributed by atoms with Crippen LogP contribution >= 0.6 is 0 Å². The van der Waals surface area contributed by atoms with Crippen molar-refractivity contribution in [1.29, 1.82) is 0 Å². The minimum absolute atomic E-state index is 0.674. The zero-order valence-corrected chi connectivity index (χ0v) is 11.3. The lowest BCUT2D eigenvalue weighted by Crippen LogP contribution is -2.23. The van der Waals surface area contributed by atoms with Gasteiger partial charge in [0.25, 0.3) is 0 Å². The maximum atomic E-state index is 3.60. The summed E-state index contributed by atoms with van der Waals surface area (Å²) in [5, 5.41) is 5.03. The first-order valence-electron chi connectivity index (χ1n) is 7.11. The Morgan fingerprint density at radius 1 is 1.33 bits per heavy atom. The zero-order valence-electron chi connectivity index (χ0n) is 11.3. The van der Waals surface area contributed by atoms with Crippen molar-refractivity contribution in [2.75, 3.05) is 6.54 Å². The predicted molar refractivity (Wildman–Crippen MR) is 77.1 cm³/mol. The Kier molecular flexibility index (Phi) is 3.13. The average Bonchev–Trinajstić information content (AvgIpc) is 2.99. The van der Waals surface area contributed by atoms with Gasteiger partial charge >= 0.3 is 0 Å². The minimum Gasteiger partial charge on any atom is -0.358 e. The van der Waals surface area contributed by atoms with Crippen molar-refractivity contribution in [3.63, 3.8) is 0 Å². The van der Waals surface area contributed by atoms with Gasteiger partial charge in [0.15, 0.2) is 0 Å². The monoisotopic (exact) mass is 242 g/mol. The van der Waals surface area contributed by atoms with E-state index in [1.807, 2.05) is 0 Å². The summed E-state index contributed by atoms with van der Waals surface area (Å²) in [6.07, 6.45) is 4.92. The summed E-state index contributed by atoms with van der Waals surface area (Å²) in [5.41, 5.74) is 5.58. The summed E-state index contributed by atoms with van der Waals surface area (Å²) in [5.74, 6) is 0. The number of aromatic amines is 1. The molecule has 1 aromatic carbocycles. The second kappa shape index (κ2) is 4.77. The van der Waals surface area contributed by atoms with Crippen molar-refractivity contribution < 1.29 is 0 Å². The Labute approximate surface area is 109 Å². The van der Waals surface area contributed by atoms with Gasteiger partial charge in [0.1, 0.15) is 0 Å². The number of rotatable bonds is 3. The molecule has 0 unspecified atom stereocenters. The van der Waals surface area contributed by atoms with E-state index in [1.165, 1.54) is 53.5 Å². The molecule has 0 amide bonds. The Bertz CT molecular complexity index is 547. The lowest BCUT2D eigenvalue weighted by atomic mass is 10.00. The highest BCUT2D eigenvalue weighted by Gasteiger charge is 2.18. The largest absolute Gasteiger partial charge is 0.358 e. The highest BCUT2D eigenvalue weighted by Crippen LogP contribution is 2.26. The Morgan fingerprint density at radius 3 is 2.94 bits per heavy atom. The molecule has 2 aromatic rings. The van der Waals surface area contributed by atoms with Gasteiger partial charge in [-0.1, -0.05) is 13.0 Å². The summed E-state index contributed by atoms with van der Waals surface area (Å²) < 4.78 is 0. The van der Waals surface area contributed by atoms with Crippen LogP contribution in [0.25, 0.3) is 10.9 Å². The van der Waals surface area contributed by atoms with E-state index in [2.05, 4.69) is 42.3 Å². The van der Waals surface area contributed by atoms with E-state index in [9.17, 15) is 0 Å². The van der Waals surface area contributed by atoms with E-state index in [0.717, 1.165) is 6.42 Å². The first-order valence-corrected chi connectivity index (χ1v) is 7.11. The van der Waals surface area contributed by atoms with E-state index >= 15 is 0 Å². The number of aryl methyl sites for hydroxylation is 2. The lowest BCUT2D eigenvalue weighted by molar-refractivity contribution is 0.603. The van der Waals surface area contributed by atoms with Gasteiger partial charge in [-0.2, -0.15) is 0 Å². The minimum atomic E-state index is 0.674. The third kappa shape index (κ3) is 2.05. The molecule has 2 N–H and O–H groups in total. The number of benzene rings is 1. The van der Waals surface area contributed by atoms with Crippen LogP contribution in [0, 0.1) is 6.92 Å². The first-order chi connectivity index (χ1) is 8.78. The van der Waals surface area contributed by atoms with Crippen LogP contribution in [0.3, 0.4) is 0 Å². The molecular weight excluding hydrogens is 220 g/mol. The SMILES string of the molecule is CCc1ccc2[nH]c(C)c(C[C@H]3CCCN3)c2c1. The molecule has 1 atom stereocenters. The van der Waals surface area contributed by atoms with Crippen molar-refractivity contribution in [2.24, 2.45) is 0 Å². The van der Waals surface area contributed by atoms with Gasteiger partial charge in [-0.15, -0.1) is 0 Å². The molecule has 18 heavy (non-hydrogen) atoms. The maximum absolute atomic E-state index is 3.60. The second-order valence-electron chi connectivity index (χ2n) is 5.46. The summed E-state index contributed by atoms with van der Waals surface area (Å²) in [7, 11) is 0. The van der Waals surface area contributed by atoms with Crippen LogP contribution < -0.4 is 5.32 Å². The van der Waals surface area contributed by atoms with Crippen molar-refractivity contribution in [3.05, 3.63) is 35.0 Å². The van der Waals surface area contributed by atoms with E-state index in [0.29, 0.717) is 6.04 Å². The van der Waals surface area contributed by atoms with Crippen LogP contribution in [0.5, 0.6) is 0 Å². The van der Waals surface area contributed by atoms with Crippen molar-refractivity contribution >= 4 is 10.9 Å². The normalized spacial score (nSPS) is 19.8. The number of hydrogen-bond donors (Lipinski definition) is 2. The van der Waals surface area contributed by atoms with E-state index in [1.54, 1.807) is 0 Å². The molecule has 1 aliphatic rings. The molecule has 0 radical (unpaired) electrons. The van der Waals surface area contributed by atoms with Gasteiger partial charge in [0.2, 0.25) is 0 Å².